The van der Waals surface area contributed by atoms with Crippen molar-refractivity contribution in [1.29, 1.82) is 0 Å². The number of imide groups is 1. The summed E-state index contributed by atoms with van der Waals surface area (Å²) < 4.78 is 0. The highest BCUT2D eigenvalue weighted by Gasteiger charge is 2.49. The Balaban J connectivity index is 1.75. The number of nitrogens with zero attached hydrogens (tertiary/aromatic N) is 1. The smallest absolute Gasteiger partial charge is 0.238 e. The first kappa shape index (κ1) is 14.2. The summed E-state index contributed by atoms with van der Waals surface area (Å²) >= 11 is 0. The van der Waals surface area contributed by atoms with Crippen LogP contribution in [-0.2, 0) is 9.59 Å². The maximum Gasteiger partial charge on any atom is 0.238 e. The molecule has 116 valence electrons. The Kier molecular flexibility index (Phi) is 3.12. The number of hydrogen-bond donors (Lipinski definition) is 0. The number of allylic oxidation sites excluding steroid dienone is 2. The van der Waals surface area contributed by atoms with Gasteiger partial charge in [-0.1, -0.05) is 41.5 Å². The highest BCUT2D eigenvalue weighted by molar-refractivity contribution is 6.22. The minimum atomic E-state index is -0.183. The lowest BCUT2D eigenvalue weighted by atomic mass is 9.78. The second kappa shape index (κ2) is 5.05. The summed E-state index contributed by atoms with van der Waals surface area (Å²) in [6.07, 6.45) is 1.43. The van der Waals surface area contributed by atoms with E-state index in [1.54, 1.807) is 0 Å². The lowest BCUT2D eigenvalue weighted by Crippen LogP contribution is -2.30. The molecule has 2 atom stereocenters. The Morgan fingerprint density at radius 1 is 0.826 bits per heavy atom. The summed E-state index contributed by atoms with van der Waals surface area (Å²) in [6, 6.07) is 13.8. The summed E-state index contributed by atoms with van der Waals surface area (Å²) in [6.45, 7) is 4.14. The number of carbonyl (C=O) groups is 2. The molecule has 1 heterocycles. The third kappa shape index (κ3) is 2.11. The van der Waals surface area contributed by atoms with Crippen molar-refractivity contribution in [2.45, 2.75) is 26.7 Å². The second-order valence-corrected chi connectivity index (χ2v) is 6.73. The summed E-state index contributed by atoms with van der Waals surface area (Å²) in [4.78, 5) is 27.1. The molecule has 0 aromatic heterocycles. The van der Waals surface area contributed by atoms with Crippen LogP contribution in [-0.4, -0.2) is 11.8 Å². The molecule has 1 fully saturated rings. The normalized spacial score (nSPS) is 24.5. The van der Waals surface area contributed by atoms with Gasteiger partial charge in [0.25, 0.3) is 0 Å². The summed E-state index contributed by atoms with van der Waals surface area (Å²) in [7, 11) is 0. The first-order valence-corrected chi connectivity index (χ1v) is 8.08. The first-order valence-electron chi connectivity index (χ1n) is 8.08. The van der Waals surface area contributed by atoms with E-state index >= 15 is 0 Å². The lowest BCUT2D eigenvalue weighted by Gasteiger charge is -2.23. The van der Waals surface area contributed by atoms with E-state index in [1.807, 2.05) is 42.5 Å². The molecular weight excluding hydrogens is 286 g/mol. The van der Waals surface area contributed by atoms with Crippen molar-refractivity contribution in [3.63, 3.8) is 0 Å². The van der Waals surface area contributed by atoms with Crippen molar-refractivity contribution in [3.8, 4) is 0 Å². The largest absolute Gasteiger partial charge is 0.274 e. The molecule has 0 radical (unpaired) electrons. The van der Waals surface area contributed by atoms with E-state index in [0.29, 0.717) is 18.5 Å². The number of amides is 2. The molecule has 0 saturated carbocycles. The Labute approximate surface area is 135 Å². The molecule has 1 aliphatic heterocycles. The van der Waals surface area contributed by atoms with Gasteiger partial charge in [-0.25, -0.2) is 0 Å². The Hall–Kier alpha value is -2.42. The topological polar surface area (TPSA) is 37.4 Å². The van der Waals surface area contributed by atoms with Gasteiger partial charge >= 0.3 is 0 Å². The fraction of sp³-hybridized carbons (Fsp3) is 0.300. The van der Waals surface area contributed by atoms with Gasteiger partial charge in [0.15, 0.2) is 0 Å². The standard InChI is InChI=1S/C20H19NO2/c1-12-9-17-18(10-13(12)2)20(23)21(19(17)22)16-8-7-14-5-3-4-6-15(14)11-16/h3-8,11,17-18H,9-10H2,1-2H3/t17-,18+. The van der Waals surface area contributed by atoms with Crippen molar-refractivity contribution in [1.82, 2.24) is 0 Å². The number of fused-ring (bicyclic) bond motifs is 2. The lowest BCUT2D eigenvalue weighted by molar-refractivity contribution is -0.122. The van der Waals surface area contributed by atoms with Gasteiger partial charge in [0.1, 0.15) is 0 Å². The van der Waals surface area contributed by atoms with E-state index in [1.165, 1.54) is 16.0 Å². The Morgan fingerprint density at radius 3 is 2.00 bits per heavy atom. The highest BCUT2D eigenvalue weighted by atomic mass is 16.2. The molecule has 1 aliphatic carbocycles. The molecule has 2 aromatic carbocycles. The van der Waals surface area contributed by atoms with Crippen molar-refractivity contribution < 1.29 is 9.59 Å². The third-order valence-electron chi connectivity index (χ3n) is 5.33. The quantitative estimate of drug-likeness (QED) is 0.588. The van der Waals surface area contributed by atoms with E-state index in [0.717, 1.165) is 10.8 Å². The second-order valence-electron chi connectivity index (χ2n) is 6.73. The van der Waals surface area contributed by atoms with Gasteiger partial charge in [-0.3, -0.25) is 14.5 Å². The van der Waals surface area contributed by atoms with E-state index in [4.69, 9.17) is 0 Å². The minimum Gasteiger partial charge on any atom is -0.274 e. The molecule has 2 amide bonds. The average molecular weight is 305 g/mol. The zero-order valence-electron chi connectivity index (χ0n) is 13.4. The molecule has 23 heavy (non-hydrogen) atoms. The first-order chi connectivity index (χ1) is 11.1. The van der Waals surface area contributed by atoms with Crippen molar-refractivity contribution >= 4 is 28.3 Å². The van der Waals surface area contributed by atoms with Gasteiger partial charge in [0.2, 0.25) is 11.8 Å². The summed E-state index contributed by atoms with van der Waals surface area (Å²) in [5.41, 5.74) is 3.21. The number of hydrogen-bond acceptors (Lipinski definition) is 2. The third-order valence-corrected chi connectivity index (χ3v) is 5.33. The molecule has 1 saturated heterocycles. The van der Waals surface area contributed by atoms with Crippen LogP contribution in [0.15, 0.2) is 53.6 Å². The van der Waals surface area contributed by atoms with E-state index in [2.05, 4.69) is 13.8 Å². The van der Waals surface area contributed by atoms with Crippen molar-refractivity contribution in [3.05, 3.63) is 53.6 Å². The van der Waals surface area contributed by atoms with Crippen LogP contribution in [0, 0.1) is 11.8 Å². The number of carbonyl (C=O) groups excluding carboxylic acids is 2. The molecule has 2 aliphatic rings. The van der Waals surface area contributed by atoms with Crippen LogP contribution in [0.3, 0.4) is 0 Å². The summed E-state index contributed by atoms with van der Waals surface area (Å²) in [5, 5.41) is 2.16. The molecule has 2 aromatic rings. The molecule has 3 heteroatoms. The fourth-order valence-electron chi connectivity index (χ4n) is 3.82. The van der Waals surface area contributed by atoms with Crippen LogP contribution in [0.2, 0.25) is 0 Å². The van der Waals surface area contributed by atoms with Crippen molar-refractivity contribution in [2.75, 3.05) is 4.90 Å². The van der Waals surface area contributed by atoms with E-state index in [9.17, 15) is 9.59 Å². The van der Waals surface area contributed by atoms with Crippen molar-refractivity contribution in [2.24, 2.45) is 11.8 Å². The zero-order chi connectivity index (χ0) is 16.1. The number of rotatable bonds is 1. The van der Waals surface area contributed by atoms with Gasteiger partial charge < -0.3 is 0 Å². The molecule has 0 bridgehead atoms. The van der Waals surface area contributed by atoms with Crippen LogP contribution in [0.4, 0.5) is 5.69 Å². The van der Waals surface area contributed by atoms with Gasteiger partial charge in [0, 0.05) is 0 Å². The molecule has 0 spiro atoms. The van der Waals surface area contributed by atoms with Gasteiger partial charge in [-0.2, -0.15) is 0 Å². The molecular formula is C20H19NO2. The predicted octanol–water partition coefficient (Wildman–Crippen LogP) is 4.08. The minimum absolute atomic E-state index is 0.0397. The Morgan fingerprint density at radius 2 is 1.39 bits per heavy atom. The van der Waals surface area contributed by atoms with E-state index in [-0.39, 0.29) is 23.7 Å². The van der Waals surface area contributed by atoms with Gasteiger partial charge in [-0.05, 0) is 49.6 Å². The van der Waals surface area contributed by atoms with E-state index < -0.39 is 0 Å². The van der Waals surface area contributed by atoms with Crippen LogP contribution in [0.25, 0.3) is 10.8 Å². The molecule has 0 N–H and O–H groups in total. The fourth-order valence-corrected chi connectivity index (χ4v) is 3.82. The molecule has 4 rings (SSSR count). The summed E-state index contributed by atoms with van der Waals surface area (Å²) in [5.74, 6) is -0.445. The van der Waals surface area contributed by atoms with Crippen LogP contribution < -0.4 is 4.90 Å². The maximum absolute atomic E-state index is 12.8. The van der Waals surface area contributed by atoms with Crippen LogP contribution >= 0.6 is 0 Å². The van der Waals surface area contributed by atoms with Gasteiger partial charge in [0.05, 0.1) is 17.5 Å². The monoisotopic (exact) mass is 305 g/mol. The molecule has 0 unspecified atom stereocenters. The number of anilines is 1. The SMILES string of the molecule is CC1=C(C)C[C@H]2C(=O)N(c3ccc4ccccc4c3)C(=O)[C@H]2C1. The number of benzene rings is 2. The maximum atomic E-state index is 12.8. The zero-order valence-corrected chi connectivity index (χ0v) is 13.4. The highest BCUT2D eigenvalue weighted by Crippen LogP contribution is 2.42. The van der Waals surface area contributed by atoms with Crippen LogP contribution in [0.5, 0.6) is 0 Å². The molecule has 3 nitrogen and oxygen atoms in total. The predicted molar refractivity (Wildman–Crippen MR) is 91.0 cm³/mol. The van der Waals surface area contributed by atoms with Gasteiger partial charge in [-0.15, -0.1) is 0 Å². The average Bonchev–Trinajstić information content (AvgIpc) is 2.79. The Bertz CT molecular complexity index is 833. The van der Waals surface area contributed by atoms with Crippen LogP contribution in [0.1, 0.15) is 26.7 Å².